The van der Waals surface area contributed by atoms with Gasteiger partial charge in [-0.15, -0.1) is 0 Å². The Balaban J connectivity index is 2.01. The van der Waals surface area contributed by atoms with Crippen LogP contribution in [0.1, 0.15) is 20.7 Å². The van der Waals surface area contributed by atoms with Gasteiger partial charge in [0, 0.05) is 11.4 Å². The van der Waals surface area contributed by atoms with Crippen molar-refractivity contribution in [3.05, 3.63) is 83.9 Å². The minimum Gasteiger partial charge on any atom is -0.478 e. The Labute approximate surface area is 192 Å². The zero-order chi connectivity index (χ0) is 24.8. The molecular weight excluding hydrogens is 444 g/mol. The van der Waals surface area contributed by atoms with E-state index in [1.54, 1.807) is 60.7 Å². The number of nitrogens with two attached hydrogens (primary N) is 2. The molecule has 12 heteroatoms. The van der Waals surface area contributed by atoms with Crippen LogP contribution in [0.4, 0.5) is 32.3 Å². The number of hydrogen-bond donors (Lipinski definition) is 6. The van der Waals surface area contributed by atoms with Gasteiger partial charge >= 0.3 is 24.0 Å². The lowest BCUT2D eigenvalue weighted by Crippen LogP contribution is -2.44. The zero-order valence-electron chi connectivity index (χ0n) is 17.5. The Morgan fingerprint density at radius 1 is 0.618 bits per heavy atom. The first kappa shape index (κ1) is 23.7. The quantitative estimate of drug-likeness (QED) is 0.182. The normalized spacial score (nSPS) is 10.2. The van der Waals surface area contributed by atoms with E-state index in [0.29, 0.717) is 21.4 Å². The molecule has 0 unspecified atom stereocenters. The number of hydrazine groups is 2. The average Bonchev–Trinajstić information content (AvgIpc) is 2.83. The summed E-state index contributed by atoms with van der Waals surface area (Å²) in [5.41, 5.74) is -1.23. The van der Waals surface area contributed by atoms with Gasteiger partial charge in [0.05, 0.1) is 22.5 Å². The van der Waals surface area contributed by atoms with Crippen LogP contribution in [0.5, 0.6) is 0 Å². The molecule has 0 aliphatic carbocycles. The molecule has 0 bridgehead atoms. The van der Waals surface area contributed by atoms with Crippen LogP contribution in [0, 0.1) is 0 Å². The van der Waals surface area contributed by atoms with Gasteiger partial charge in [-0.25, -0.2) is 40.9 Å². The Morgan fingerprint density at radius 3 is 1.29 bits per heavy atom. The number of carboxylic acid groups (broad SMARTS) is 2. The number of carbonyl (C=O) groups is 4. The van der Waals surface area contributed by atoms with Gasteiger partial charge in [0.1, 0.15) is 0 Å². The summed E-state index contributed by atoms with van der Waals surface area (Å²) < 4.78 is 0. The molecule has 0 fully saturated rings. The van der Waals surface area contributed by atoms with E-state index in [-0.39, 0.29) is 0 Å². The number of nitrogens with zero attached hydrogens (tertiary/aromatic N) is 2. The van der Waals surface area contributed by atoms with Crippen LogP contribution in [-0.2, 0) is 0 Å². The van der Waals surface area contributed by atoms with Crippen molar-refractivity contribution in [1.82, 2.24) is 0 Å². The van der Waals surface area contributed by atoms with Crippen molar-refractivity contribution in [3.8, 4) is 0 Å². The molecule has 12 nitrogen and oxygen atoms in total. The molecular formula is C22H20N6O6. The Kier molecular flexibility index (Phi) is 7.06. The van der Waals surface area contributed by atoms with Crippen molar-refractivity contribution in [3.63, 3.8) is 0 Å². The molecule has 174 valence electrons. The summed E-state index contributed by atoms with van der Waals surface area (Å²) in [5.74, 6) is 8.64. The van der Waals surface area contributed by atoms with Gasteiger partial charge in [0.25, 0.3) is 0 Å². The van der Waals surface area contributed by atoms with Gasteiger partial charge in [-0.3, -0.25) is 0 Å². The topological polar surface area (TPSA) is 191 Å². The van der Waals surface area contributed by atoms with Crippen molar-refractivity contribution < 1.29 is 29.4 Å². The Morgan fingerprint density at radius 2 is 0.971 bits per heavy atom. The number of benzene rings is 3. The van der Waals surface area contributed by atoms with E-state index >= 15 is 0 Å². The van der Waals surface area contributed by atoms with Gasteiger partial charge in [0.2, 0.25) is 0 Å². The second kappa shape index (κ2) is 10.1. The second-order valence-electron chi connectivity index (χ2n) is 6.83. The summed E-state index contributed by atoms with van der Waals surface area (Å²) in [7, 11) is 0. The van der Waals surface area contributed by atoms with Crippen LogP contribution in [0.3, 0.4) is 0 Å². The molecule has 0 atom stereocenters. The highest BCUT2D eigenvalue weighted by atomic mass is 16.4. The molecule has 0 saturated heterocycles. The molecule has 34 heavy (non-hydrogen) atoms. The number of carboxylic acids is 2. The third kappa shape index (κ3) is 5.27. The number of para-hydroxylation sites is 2. The zero-order valence-corrected chi connectivity index (χ0v) is 17.5. The Bertz CT molecular complexity index is 1140. The number of nitrogens with one attached hydrogen (secondary N) is 2. The number of rotatable bonds is 6. The molecule has 3 aromatic carbocycles. The van der Waals surface area contributed by atoms with E-state index in [9.17, 15) is 29.4 Å². The average molecular weight is 464 g/mol. The number of anilines is 4. The lowest BCUT2D eigenvalue weighted by atomic mass is 10.1. The SMILES string of the molecule is NN(C(=O)Nc1ccccc1)c1cc(N(N)C(=O)Nc2ccccc2)c(C(=O)O)cc1C(=O)O. The first-order chi connectivity index (χ1) is 16.2. The predicted octanol–water partition coefficient (Wildman–Crippen LogP) is 2.91. The third-order valence-electron chi connectivity index (χ3n) is 4.58. The minimum atomic E-state index is -1.55. The van der Waals surface area contributed by atoms with Crippen LogP contribution in [0.25, 0.3) is 0 Å². The summed E-state index contributed by atoms with van der Waals surface area (Å²) in [6.07, 6.45) is 0. The largest absolute Gasteiger partial charge is 0.478 e. The minimum absolute atomic E-state index is 0.380. The summed E-state index contributed by atoms with van der Waals surface area (Å²) in [4.78, 5) is 48.9. The van der Waals surface area contributed by atoms with Gasteiger partial charge < -0.3 is 20.8 Å². The third-order valence-corrected chi connectivity index (χ3v) is 4.58. The fraction of sp³-hybridized carbons (Fsp3) is 0. The molecule has 4 amide bonds. The second-order valence-corrected chi connectivity index (χ2v) is 6.83. The monoisotopic (exact) mass is 464 g/mol. The summed E-state index contributed by atoms with van der Waals surface area (Å²) in [6, 6.07) is 16.3. The molecule has 0 spiro atoms. The van der Waals surface area contributed by atoms with E-state index in [4.69, 9.17) is 11.7 Å². The van der Waals surface area contributed by atoms with Gasteiger partial charge in [-0.1, -0.05) is 36.4 Å². The standard InChI is InChI=1S/C22H20N6O6/c23-27(21(33)25-13-7-3-1-4-8-13)17-12-18(16(20(31)32)11-15(17)19(29)30)28(24)22(34)26-14-9-5-2-6-10-14/h1-12H,23-24H2,(H,25,33)(H,26,34)(H,29,30)(H,31,32). The highest BCUT2D eigenvalue weighted by Gasteiger charge is 2.27. The maximum absolute atomic E-state index is 12.6. The van der Waals surface area contributed by atoms with E-state index < -0.39 is 46.5 Å². The molecule has 0 aliphatic rings. The Hall–Kier alpha value is -4.94. The van der Waals surface area contributed by atoms with Crippen LogP contribution in [0.15, 0.2) is 72.8 Å². The summed E-state index contributed by atoms with van der Waals surface area (Å²) in [6.45, 7) is 0. The van der Waals surface area contributed by atoms with Crippen molar-refractivity contribution in [2.75, 3.05) is 20.7 Å². The van der Waals surface area contributed by atoms with Crippen LogP contribution >= 0.6 is 0 Å². The first-order valence-electron chi connectivity index (χ1n) is 9.65. The first-order valence-corrected chi connectivity index (χ1v) is 9.65. The fourth-order valence-electron chi connectivity index (χ4n) is 2.95. The van der Waals surface area contributed by atoms with Gasteiger partial charge in [-0.2, -0.15) is 0 Å². The van der Waals surface area contributed by atoms with Gasteiger partial charge in [0.15, 0.2) is 0 Å². The number of amides is 4. The molecule has 0 aromatic heterocycles. The van der Waals surface area contributed by atoms with Gasteiger partial charge in [-0.05, 0) is 36.4 Å². The highest BCUT2D eigenvalue weighted by Crippen LogP contribution is 2.30. The maximum Gasteiger partial charge on any atom is 0.340 e. The molecule has 3 rings (SSSR count). The van der Waals surface area contributed by atoms with Crippen LogP contribution in [-0.4, -0.2) is 34.2 Å². The number of aromatic carboxylic acids is 2. The van der Waals surface area contributed by atoms with E-state index in [0.717, 1.165) is 12.1 Å². The molecule has 0 heterocycles. The lowest BCUT2D eigenvalue weighted by Gasteiger charge is -2.24. The van der Waals surface area contributed by atoms with Crippen molar-refractivity contribution in [1.29, 1.82) is 0 Å². The summed E-state index contributed by atoms with van der Waals surface area (Å²) in [5, 5.41) is 25.1. The fourth-order valence-corrected chi connectivity index (χ4v) is 2.95. The molecule has 3 aromatic rings. The highest BCUT2D eigenvalue weighted by molar-refractivity contribution is 6.11. The molecule has 0 radical (unpaired) electrons. The lowest BCUT2D eigenvalue weighted by molar-refractivity contribution is 0.0696. The number of carbonyl (C=O) groups excluding carboxylic acids is 2. The maximum atomic E-state index is 12.6. The van der Waals surface area contributed by atoms with Crippen molar-refractivity contribution in [2.24, 2.45) is 11.7 Å². The molecule has 0 aliphatic heterocycles. The summed E-state index contributed by atoms with van der Waals surface area (Å²) >= 11 is 0. The number of urea groups is 2. The van der Waals surface area contributed by atoms with E-state index in [1.165, 1.54) is 0 Å². The van der Waals surface area contributed by atoms with E-state index in [2.05, 4.69) is 10.6 Å². The molecule has 8 N–H and O–H groups in total. The van der Waals surface area contributed by atoms with Crippen molar-refractivity contribution >= 4 is 46.8 Å². The molecule has 0 saturated carbocycles. The van der Waals surface area contributed by atoms with E-state index in [1.807, 2.05) is 0 Å². The van der Waals surface area contributed by atoms with Crippen LogP contribution in [0.2, 0.25) is 0 Å². The predicted molar refractivity (Wildman–Crippen MR) is 125 cm³/mol. The van der Waals surface area contributed by atoms with Crippen molar-refractivity contribution in [2.45, 2.75) is 0 Å². The smallest absolute Gasteiger partial charge is 0.340 e. The number of hydrogen-bond acceptors (Lipinski definition) is 6. The van der Waals surface area contributed by atoms with Crippen LogP contribution < -0.4 is 32.3 Å².